The number of carbonyl (C=O) groups excluding carboxylic acids is 1. The maximum atomic E-state index is 12.2. The number of hydrogen-bond acceptors (Lipinski definition) is 4. The van der Waals surface area contributed by atoms with Gasteiger partial charge in [0.05, 0.1) is 9.90 Å². The first-order valence-electron chi connectivity index (χ1n) is 6.21. The molecule has 0 amide bonds. The van der Waals surface area contributed by atoms with Crippen LogP contribution in [-0.2, 0) is 19.5 Å². The lowest BCUT2D eigenvalue weighted by atomic mass is 10.2. The van der Waals surface area contributed by atoms with Gasteiger partial charge in [-0.2, -0.15) is 5.10 Å². The van der Waals surface area contributed by atoms with Gasteiger partial charge in [-0.1, -0.05) is 23.2 Å². The van der Waals surface area contributed by atoms with Gasteiger partial charge in [-0.15, -0.1) is 11.3 Å². The minimum Gasteiger partial charge on any atom is -0.292 e. The Hall–Kier alpha value is -1.11. The Morgan fingerprint density at radius 1 is 1.40 bits per heavy atom. The largest absolute Gasteiger partial charge is 0.346 e. The molecule has 2 aromatic rings. The van der Waals surface area contributed by atoms with Crippen LogP contribution in [0.15, 0.2) is 10.9 Å². The van der Waals surface area contributed by atoms with Crippen molar-refractivity contribution >= 4 is 40.3 Å². The Balaban J connectivity index is 1.88. The molecule has 0 aliphatic carbocycles. The van der Waals surface area contributed by atoms with Gasteiger partial charge >= 0.3 is 5.69 Å². The number of carbonyl (C=O) groups is 1. The Morgan fingerprint density at radius 2 is 2.20 bits per heavy atom. The summed E-state index contributed by atoms with van der Waals surface area (Å²) in [5.74, 6) is 0.499. The first kappa shape index (κ1) is 13.9. The molecule has 20 heavy (non-hydrogen) atoms. The van der Waals surface area contributed by atoms with E-state index in [9.17, 15) is 9.59 Å². The third kappa shape index (κ3) is 2.43. The maximum absolute atomic E-state index is 12.2. The molecular formula is C12H11Cl2N3O2S. The number of aryl methyl sites for hydroxylation is 1. The van der Waals surface area contributed by atoms with E-state index in [0.29, 0.717) is 20.8 Å². The summed E-state index contributed by atoms with van der Waals surface area (Å²) in [6.07, 6.45) is 2.77. The van der Waals surface area contributed by atoms with Gasteiger partial charge in [-0.05, 0) is 18.9 Å². The van der Waals surface area contributed by atoms with E-state index in [0.717, 1.165) is 36.4 Å². The van der Waals surface area contributed by atoms with Crippen molar-refractivity contribution in [2.75, 3.05) is 0 Å². The fourth-order valence-corrected chi connectivity index (χ4v) is 3.80. The van der Waals surface area contributed by atoms with E-state index in [1.165, 1.54) is 10.7 Å². The van der Waals surface area contributed by atoms with Gasteiger partial charge in [0, 0.05) is 13.0 Å². The molecule has 3 rings (SSSR count). The van der Waals surface area contributed by atoms with Crippen molar-refractivity contribution in [1.29, 1.82) is 0 Å². The quantitative estimate of drug-likeness (QED) is 0.812. The second kappa shape index (κ2) is 5.35. The molecule has 1 aliphatic rings. The SMILES string of the molecule is O=C(Cn1nc2n(c1=O)CCCC2)c1cc(Cl)sc1Cl. The zero-order chi connectivity index (χ0) is 14.3. The molecule has 0 aromatic carbocycles. The average Bonchev–Trinajstić information content (AvgIpc) is 2.91. The molecule has 2 aromatic heterocycles. The molecule has 5 nitrogen and oxygen atoms in total. The topological polar surface area (TPSA) is 56.9 Å². The highest BCUT2D eigenvalue weighted by Crippen LogP contribution is 2.31. The summed E-state index contributed by atoms with van der Waals surface area (Å²) < 4.78 is 3.65. The Bertz CT molecular complexity index is 732. The number of fused-ring (bicyclic) bond motifs is 1. The Labute approximate surface area is 128 Å². The van der Waals surface area contributed by atoms with Crippen LogP contribution in [0.25, 0.3) is 0 Å². The summed E-state index contributed by atoms with van der Waals surface area (Å²) in [6.45, 7) is 0.568. The number of nitrogens with zero attached hydrogens (tertiary/aromatic N) is 3. The fraction of sp³-hybridized carbons (Fsp3) is 0.417. The van der Waals surface area contributed by atoms with Crippen molar-refractivity contribution in [3.05, 3.63) is 36.6 Å². The van der Waals surface area contributed by atoms with Gasteiger partial charge in [-0.25, -0.2) is 9.48 Å². The van der Waals surface area contributed by atoms with Gasteiger partial charge in [0.2, 0.25) is 0 Å². The van der Waals surface area contributed by atoms with Crippen molar-refractivity contribution in [3.8, 4) is 0 Å². The van der Waals surface area contributed by atoms with Crippen molar-refractivity contribution in [1.82, 2.24) is 14.3 Å². The van der Waals surface area contributed by atoms with Crippen LogP contribution in [0.5, 0.6) is 0 Å². The smallest absolute Gasteiger partial charge is 0.292 e. The first-order chi connectivity index (χ1) is 9.56. The van der Waals surface area contributed by atoms with Crippen molar-refractivity contribution in [2.24, 2.45) is 0 Å². The second-order valence-electron chi connectivity index (χ2n) is 4.63. The summed E-state index contributed by atoms with van der Waals surface area (Å²) >= 11 is 12.9. The molecule has 0 radical (unpaired) electrons. The van der Waals surface area contributed by atoms with Crippen LogP contribution in [0.3, 0.4) is 0 Å². The van der Waals surface area contributed by atoms with Crippen LogP contribution in [0.4, 0.5) is 0 Å². The summed E-state index contributed by atoms with van der Waals surface area (Å²) in [6, 6.07) is 1.53. The van der Waals surface area contributed by atoms with Crippen LogP contribution in [0.1, 0.15) is 29.0 Å². The third-order valence-electron chi connectivity index (χ3n) is 3.28. The van der Waals surface area contributed by atoms with Crippen LogP contribution >= 0.6 is 34.5 Å². The highest BCUT2D eigenvalue weighted by molar-refractivity contribution is 7.20. The molecule has 3 heterocycles. The predicted octanol–water partition coefficient (Wildman–Crippen LogP) is 2.63. The molecule has 0 spiro atoms. The maximum Gasteiger partial charge on any atom is 0.346 e. The molecule has 0 fully saturated rings. The second-order valence-corrected chi connectivity index (χ2v) is 6.91. The summed E-state index contributed by atoms with van der Waals surface area (Å²) in [5.41, 5.74) is 0.116. The molecule has 0 unspecified atom stereocenters. The fourth-order valence-electron chi connectivity index (χ4n) is 2.30. The summed E-state index contributed by atoms with van der Waals surface area (Å²) in [7, 11) is 0. The van der Waals surface area contributed by atoms with Crippen LogP contribution in [0, 0.1) is 0 Å². The minimum atomic E-state index is -0.254. The molecule has 0 bridgehead atoms. The van der Waals surface area contributed by atoms with Gasteiger partial charge in [-0.3, -0.25) is 9.36 Å². The molecule has 1 aliphatic heterocycles. The number of rotatable bonds is 3. The standard InChI is InChI=1S/C12H11Cl2N3O2S/c13-9-5-7(11(14)20-9)8(18)6-17-12(19)16-4-2-1-3-10(16)15-17/h5H,1-4,6H2. The van der Waals surface area contributed by atoms with Crippen molar-refractivity contribution in [2.45, 2.75) is 32.4 Å². The van der Waals surface area contributed by atoms with E-state index in [-0.39, 0.29) is 18.0 Å². The number of Topliss-reactive ketones (excluding diaryl/α,β-unsaturated/α-hetero) is 1. The Kier molecular flexibility index (Phi) is 3.70. The third-order valence-corrected chi connectivity index (χ3v) is 4.77. The van der Waals surface area contributed by atoms with E-state index >= 15 is 0 Å². The van der Waals surface area contributed by atoms with Crippen LogP contribution in [-0.4, -0.2) is 20.1 Å². The number of ketones is 1. The number of halogens is 2. The number of hydrogen-bond donors (Lipinski definition) is 0. The van der Waals surface area contributed by atoms with E-state index in [1.54, 1.807) is 4.57 Å². The Morgan fingerprint density at radius 3 is 2.85 bits per heavy atom. The summed E-state index contributed by atoms with van der Waals surface area (Å²) in [5, 5.41) is 4.23. The molecular weight excluding hydrogens is 321 g/mol. The molecule has 0 N–H and O–H groups in total. The normalized spacial score (nSPS) is 14.3. The first-order valence-corrected chi connectivity index (χ1v) is 7.78. The number of thiophene rings is 1. The van der Waals surface area contributed by atoms with Gasteiger partial charge < -0.3 is 0 Å². The van der Waals surface area contributed by atoms with Gasteiger partial charge in [0.15, 0.2) is 5.78 Å². The van der Waals surface area contributed by atoms with Gasteiger partial charge in [0.25, 0.3) is 0 Å². The van der Waals surface area contributed by atoms with Crippen molar-refractivity contribution in [3.63, 3.8) is 0 Å². The zero-order valence-electron chi connectivity index (χ0n) is 10.4. The molecule has 0 saturated carbocycles. The minimum absolute atomic E-state index is 0.106. The highest BCUT2D eigenvalue weighted by atomic mass is 35.5. The molecule has 106 valence electrons. The highest BCUT2D eigenvalue weighted by Gasteiger charge is 2.20. The van der Waals surface area contributed by atoms with Crippen LogP contribution < -0.4 is 5.69 Å². The molecule has 0 saturated heterocycles. The monoisotopic (exact) mass is 331 g/mol. The predicted molar refractivity (Wildman–Crippen MR) is 78.1 cm³/mol. The lowest BCUT2D eigenvalue weighted by molar-refractivity contribution is 0.0966. The molecule has 8 heteroatoms. The lowest BCUT2D eigenvalue weighted by Gasteiger charge is -2.09. The lowest BCUT2D eigenvalue weighted by Crippen LogP contribution is -2.29. The van der Waals surface area contributed by atoms with E-state index < -0.39 is 0 Å². The van der Waals surface area contributed by atoms with Gasteiger partial charge in [0.1, 0.15) is 16.7 Å². The van der Waals surface area contributed by atoms with E-state index in [2.05, 4.69) is 5.10 Å². The van der Waals surface area contributed by atoms with Crippen LogP contribution in [0.2, 0.25) is 8.67 Å². The summed E-state index contributed by atoms with van der Waals surface area (Å²) in [4.78, 5) is 24.3. The average molecular weight is 332 g/mol. The number of aromatic nitrogens is 3. The zero-order valence-corrected chi connectivity index (χ0v) is 12.8. The molecule has 0 atom stereocenters. The van der Waals surface area contributed by atoms with E-state index in [4.69, 9.17) is 23.2 Å². The van der Waals surface area contributed by atoms with E-state index in [1.807, 2.05) is 0 Å². The van der Waals surface area contributed by atoms with Crippen molar-refractivity contribution < 1.29 is 4.79 Å².